The van der Waals surface area contributed by atoms with Gasteiger partial charge in [0.15, 0.2) is 0 Å². The van der Waals surface area contributed by atoms with Crippen molar-refractivity contribution < 1.29 is 5.11 Å². The van der Waals surface area contributed by atoms with Crippen molar-refractivity contribution in [2.45, 2.75) is 64.5 Å². The van der Waals surface area contributed by atoms with Crippen molar-refractivity contribution in [2.75, 3.05) is 13.2 Å². The van der Waals surface area contributed by atoms with E-state index in [0.29, 0.717) is 12.6 Å². The molecule has 84 valence electrons. The summed E-state index contributed by atoms with van der Waals surface area (Å²) in [5, 5.41) is 8.87. The Morgan fingerprint density at radius 2 is 2.14 bits per heavy atom. The fourth-order valence-electron chi connectivity index (χ4n) is 2.32. The minimum Gasteiger partial charge on any atom is -0.396 e. The third kappa shape index (κ3) is 3.25. The number of nitrogens with zero attached hydrogens (tertiary/aromatic N) is 1. The molecule has 1 rings (SSSR count). The average Bonchev–Trinajstić information content (AvgIpc) is 2.09. The molecule has 1 N–H and O–H groups in total. The third-order valence-electron chi connectivity index (χ3n) is 3.39. The topological polar surface area (TPSA) is 23.5 Å². The minimum absolute atomic E-state index is 0.335. The first-order chi connectivity index (χ1) is 6.79. The molecule has 14 heavy (non-hydrogen) atoms. The first-order valence-electron chi connectivity index (χ1n) is 6.16. The van der Waals surface area contributed by atoms with E-state index >= 15 is 0 Å². The van der Waals surface area contributed by atoms with Crippen LogP contribution in [0.1, 0.15) is 52.4 Å². The maximum atomic E-state index is 8.87. The maximum absolute atomic E-state index is 8.87. The van der Waals surface area contributed by atoms with Gasteiger partial charge in [0.05, 0.1) is 0 Å². The maximum Gasteiger partial charge on any atom is 0.0443 e. The predicted molar refractivity (Wildman–Crippen MR) is 60.4 cm³/mol. The molecule has 1 fully saturated rings. The summed E-state index contributed by atoms with van der Waals surface area (Å²) in [5.41, 5.74) is 0. The highest BCUT2D eigenvalue weighted by Gasteiger charge is 2.27. The van der Waals surface area contributed by atoms with E-state index in [4.69, 9.17) is 5.11 Å². The van der Waals surface area contributed by atoms with Gasteiger partial charge in [0.1, 0.15) is 0 Å². The molecule has 0 bridgehead atoms. The number of aliphatic hydroxyl groups excluding tert-OH is 1. The van der Waals surface area contributed by atoms with Crippen molar-refractivity contribution >= 4 is 0 Å². The van der Waals surface area contributed by atoms with Crippen LogP contribution in [0.3, 0.4) is 0 Å². The van der Waals surface area contributed by atoms with Crippen LogP contribution in [0.2, 0.25) is 0 Å². The monoisotopic (exact) mass is 199 g/mol. The molecule has 0 spiro atoms. The van der Waals surface area contributed by atoms with E-state index in [2.05, 4.69) is 18.7 Å². The number of aliphatic hydroxyl groups is 1. The molecule has 0 aromatic rings. The van der Waals surface area contributed by atoms with Crippen molar-refractivity contribution in [3.8, 4) is 0 Å². The summed E-state index contributed by atoms with van der Waals surface area (Å²) >= 11 is 0. The molecular weight excluding hydrogens is 174 g/mol. The minimum atomic E-state index is 0.335. The Morgan fingerprint density at radius 3 is 2.57 bits per heavy atom. The first-order valence-corrected chi connectivity index (χ1v) is 6.16. The summed E-state index contributed by atoms with van der Waals surface area (Å²) in [6.07, 6.45) is 7.65. The van der Waals surface area contributed by atoms with Gasteiger partial charge in [-0.3, -0.25) is 4.90 Å². The molecule has 2 nitrogen and oxygen atoms in total. The zero-order valence-electron chi connectivity index (χ0n) is 9.71. The van der Waals surface area contributed by atoms with Gasteiger partial charge >= 0.3 is 0 Å². The van der Waals surface area contributed by atoms with E-state index in [9.17, 15) is 0 Å². The van der Waals surface area contributed by atoms with Crippen LogP contribution in [-0.2, 0) is 0 Å². The van der Waals surface area contributed by atoms with Crippen LogP contribution in [0.4, 0.5) is 0 Å². The fourth-order valence-corrected chi connectivity index (χ4v) is 2.32. The van der Waals surface area contributed by atoms with Gasteiger partial charge in [-0.05, 0) is 32.6 Å². The predicted octanol–water partition coefficient (Wildman–Crippen LogP) is 2.41. The van der Waals surface area contributed by atoms with Gasteiger partial charge in [0.25, 0.3) is 0 Å². The molecule has 0 aliphatic heterocycles. The van der Waals surface area contributed by atoms with Crippen LogP contribution in [0.5, 0.6) is 0 Å². The lowest BCUT2D eigenvalue weighted by atomic mass is 9.89. The van der Waals surface area contributed by atoms with E-state index in [1.165, 1.54) is 32.1 Å². The van der Waals surface area contributed by atoms with Gasteiger partial charge < -0.3 is 5.11 Å². The quantitative estimate of drug-likeness (QED) is 0.680. The van der Waals surface area contributed by atoms with Crippen LogP contribution in [0, 0.1) is 0 Å². The van der Waals surface area contributed by atoms with E-state index in [1.807, 2.05) is 0 Å². The number of hydrogen-bond acceptors (Lipinski definition) is 2. The van der Waals surface area contributed by atoms with Crippen molar-refractivity contribution in [1.82, 2.24) is 4.90 Å². The van der Waals surface area contributed by atoms with Gasteiger partial charge in [-0.1, -0.05) is 19.8 Å². The van der Waals surface area contributed by atoms with Crippen molar-refractivity contribution in [2.24, 2.45) is 0 Å². The Bertz CT molecular complexity index is 145. The zero-order valence-corrected chi connectivity index (χ0v) is 9.71. The Hall–Kier alpha value is -0.0800. The van der Waals surface area contributed by atoms with Gasteiger partial charge in [-0.2, -0.15) is 0 Å². The average molecular weight is 199 g/mol. The molecule has 0 amide bonds. The van der Waals surface area contributed by atoms with Gasteiger partial charge in [-0.25, -0.2) is 0 Å². The molecule has 1 unspecified atom stereocenters. The highest BCUT2D eigenvalue weighted by atomic mass is 16.3. The molecule has 1 atom stereocenters. The molecule has 1 aliphatic rings. The molecular formula is C12H25NO. The van der Waals surface area contributed by atoms with Crippen LogP contribution in [-0.4, -0.2) is 35.2 Å². The summed E-state index contributed by atoms with van der Waals surface area (Å²) in [6.45, 7) is 6.01. The summed E-state index contributed by atoms with van der Waals surface area (Å²) in [6, 6.07) is 1.53. The lowest BCUT2D eigenvalue weighted by Gasteiger charge is -2.41. The normalized spacial score (nSPS) is 19.7. The van der Waals surface area contributed by atoms with Crippen molar-refractivity contribution in [3.63, 3.8) is 0 Å². The van der Waals surface area contributed by atoms with Gasteiger partial charge in [0.2, 0.25) is 0 Å². The SMILES string of the molecule is CCCC(C)N(CCCO)C1CCC1. The Balaban J connectivity index is 2.34. The number of rotatable bonds is 7. The zero-order chi connectivity index (χ0) is 10.4. The lowest BCUT2D eigenvalue weighted by molar-refractivity contribution is 0.0748. The van der Waals surface area contributed by atoms with E-state index in [1.54, 1.807) is 0 Å². The Morgan fingerprint density at radius 1 is 1.43 bits per heavy atom. The largest absolute Gasteiger partial charge is 0.396 e. The summed E-state index contributed by atoms with van der Waals surface area (Å²) in [4.78, 5) is 2.61. The summed E-state index contributed by atoms with van der Waals surface area (Å²) < 4.78 is 0. The third-order valence-corrected chi connectivity index (χ3v) is 3.39. The highest BCUT2D eigenvalue weighted by molar-refractivity contribution is 4.83. The lowest BCUT2D eigenvalue weighted by Crippen LogP contribution is -2.46. The van der Waals surface area contributed by atoms with Crippen LogP contribution < -0.4 is 0 Å². The Kier molecular flexibility index (Phi) is 5.49. The van der Waals surface area contributed by atoms with E-state index in [0.717, 1.165) is 19.0 Å². The van der Waals surface area contributed by atoms with E-state index < -0.39 is 0 Å². The molecule has 0 saturated heterocycles. The second-order valence-electron chi connectivity index (χ2n) is 4.54. The molecule has 0 radical (unpaired) electrons. The fraction of sp³-hybridized carbons (Fsp3) is 1.00. The molecule has 1 saturated carbocycles. The van der Waals surface area contributed by atoms with Crippen LogP contribution in [0.15, 0.2) is 0 Å². The Labute approximate surface area is 88.3 Å². The smallest absolute Gasteiger partial charge is 0.0443 e. The second-order valence-corrected chi connectivity index (χ2v) is 4.54. The van der Waals surface area contributed by atoms with Gasteiger partial charge in [-0.15, -0.1) is 0 Å². The molecule has 0 heterocycles. The molecule has 2 heteroatoms. The first kappa shape index (κ1) is 12.0. The van der Waals surface area contributed by atoms with Crippen LogP contribution in [0.25, 0.3) is 0 Å². The van der Waals surface area contributed by atoms with E-state index in [-0.39, 0.29) is 0 Å². The molecule has 0 aromatic heterocycles. The number of hydrogen-bond donors (Lipinski definition) is 1. The highest BCUT2D eigenvalue weighted by Crippen LogP contribution is 2.27. The van der Waals surface area contributed by atoms with Crippen molar-refractivity contribution in [3.05, 3.63) is 0 Å². The summed E-state index contributed by atoms with van der Waals surface area (Å²) in [7, 11) is 0. The second kappa shape index (κ2) is 6.41. The van der Waals surface area contributed by atoms with Gasteiger partial charge in [0, 0.05) is 25.2 Å². The summed E-state index contributed by atoms with van der Waals surface area (Å²) in [5.74, 6) is 0. The standard InChI is InChI=1S/C12H25NO/c1-3-6-11(2)13(9-5-10-14)12-7-4-8-12/h11-12,14H,3-10H2,1-2H3. The van der Waals surface area contributed by atoms with Crippen LogP contribution >= 0.6 is 0 Å². The molecule has 0 aromatic carbocycles. The van der Waals surface area contributed by atoms with Crippen molar-refractivity contribution in [1.29, 1.82) is 0 Å². The molecule has 1 aliphatic carbocycles.